The minimum absolute atomic E-state index is 0.0988. The molecule has 6 aromatic rings. The highest BCUT2D eigenvalue weighted by Crippen LogP contribution is 2.38. The lowest BCUT2D eigenvalue weighted by molar-refractivity contribution is 0.554. The zero-order valence-electron chi connectivity index (χ0n) is 17.4. The molecule has 2 heterocycles. The maximum Gasteiger partial charge on any atom is 0.190 e. The van der Waals surface area contributed by atoms with Crippen LogP contribution in [-0.2, 0) is 0 Å². The van der Waals surface area contributed by atoms with Crippen molar-refractivity contribution in [1.29, 1.82) is 0 Å². The fraction of sp³-hybridized carbons (Fsp3) is 0. The molecule has 0 atom stereocenters. The van der Waals surface area contributed by atoms with E-state index in [0.29, 0.717) is 16.9 Å². The van der Waals surface area contributed by atoms with Crippen molar-refractivity contribution in [2.45, 2.75) is 0 Å². The second kappa shape index (κ2) is 7.84. The maximum atomic E-state index is 14.3. The summed E-state index contributed by atoms with van der Waals surface area (Å²) in [5, 5.41) is 4.60. The zero-order chi connectivity index (χ0) is 22.2. The molecule has 6 heteroatoms. The van der Waals surface area contributed by atoms with Gasteiger partial charge in [0, 0.05) is 16.7 Å². The first-order valence-corrected chi connectivity index (χ1v) is 10.5. The van der Waals surface area contributed by atoms with Crippen LogP contribution in [0.5, 0.6) is 0 Å². The summed E-state index contributed by atoms with van der Waals surface area (Å²) in [4.78, 5) is 8.78. The van der Waals surface area contributed by atoms with Crippen LogP contribution in [-0.4, -0.2) is 19.7 Å². The predicted octanol–water partition coefficient (Wildman–Crippen LogP) is 6.55. The molecule has 0 amide bonds. The first-order valence-electron chi connectivity index (χ1n) is 10.5. The van der Waals surface area contributed by atoms with Gasteiger partial charge in [-0.05, 0) is 23.3 Å². The molecule has 0 spiro atoms. The second-order valence-corrected chi connectivity index (χ2v) is 7.55. The van der Waals surface area contributed by atoms with Crippen molar-refractivity contribution in [1.82, 2.24) is 19.7 Å². The summed E-state index contributed by atoms with van der Waals surface area (Å²) in [5.74, 6) is 0.0847. The van der Waals surface area contributed by atoms with Crippen LogP contribution in [0.3, 0.4) is 0 Å². The Balaban J connectivity index is 1.66. The summed E-state index contributed by atoms with van der Waals surface area (Å²) in [6.07, 6.45) is 2.74. The van der Waals surface area contributed by atoms with Gasteiger partial charge in [0.15, 0.2) is 23.6 Å². The van der Waals surface area contributed by atoms with E-state index in [9.17, 15) is 4.39 Å². The summed E-state index contributed by atoms with van der Waals surface area (Å²) in [6.45, 7) is 0. The summed E-state index contributed by atoms with van der Waals surface area (Å²) < 4.78 is 21.3. The van der Waals surface area contributed by atoms with Crippen LogP contribution in [0, 0.1) is 5.82 Å². The van der Waals surface area contributed by atoms with Crippen molar-refractivity contribution < 1.29 is 8.81 Å². The molecule has 33 heavy (non-hydrogen) atoms. The van der Waals surface area contributed by atoms with E-state index in [1.54, 1.807) is 10.7 Å². The van der Waals surface area contributed by atoms with Crippen LogP contribution in [0.25, 0.3) is 50.4 Å². The SMILES string of the molecule is Fc1ccc(-c2ncnn2-c2c(-c3ccccc3)cccc2-c2ccccc2)c2ncoc12. The first kappa shape index (κ1) is 19.1. The molecule has 2 aromatic heterocycles. The van der Waals surface area contributed by atoms with Gasteiger partial charge in [0.2, 0.25) is 0 Å². The number of aromatic nitrogens is 4. The Labute approximate surface area is 188 Å². The predicted molar refractivity (Wildman–Crippen MR) is 125 cm³/mol. The second-order valence-electron chi connectivity index (χ2n) is 7.55. The van der Waals surface area contributed by atoms with E-state index >= 15 is 0 Å². The molecule has 5 nitrogen and oxygen atoms in total. The van der Waals surface area contributed by atoms with Crippen molar-refractivity contribution in [2.75, 3.05) is 0 Å². The molecule has 0 aliphatic heterocycles. The fourth-order valence-electron chi connectivity index (χ4n) is 4.16. The quantitative estimate of drug-likeness (QED) is 0.317. The van der Waals surface area contributed by atoms with Crippen LogP contribution >= 0.6 is 0 Å². The van der Waals surface area contributed by atoms with Gasteiger partial charge in [0.05, 0.1) is 5.69 Å². The van der Waals surface area contributed by atoms with Crippen molar-refractivity contribution in [3.63, 3.8) is 0 Å². The third-order valence-electron chi connectivity index (χ3n) is 5.64. The van der Waals surface area contributed by atoms with Crippen LogP contribution in [0.15, 0.2) is 108 Å². The van der Waals surface area contributed by atoms with Gasteiger partial charge in [-0.3, -0.25) is 0 Å². The van der Waals surface area contributed by atoms with E-state index < -0.39 is 5.82 Å². The molecule has 0 saturated carbocycles. The molecule has 0 N–H and O–H groups in total. The van der Waals surface area contributed by atoms with Crippen molar-refractivity contribution >= 4 is 11.1 Å². The van der Waals surface area contributed by atoms with E-state index in [0.717, 1.165) is 27.9 Å². The smallest absolute Gasteiger partial charge is 0.190 e. The Morgan fingerprint density at radius 3 is 2.00 bits per heavy atom. The normalized spacial score (nSPS) is 11.2. The highest BCUT2D eigenvalue weighted by atomic mass is 19.1. The molecule has 158 valence electrons. The minimum Gasteiger partial charge on any atom is -0.440 e. The highest BCUT2D eigenvalue weighted by molar-refractivity contribution is 5.91. The summed E-state index contributed by atoms with van der Waals surface area (Å²) in [7, 11) is 0. The van der Waals surface area contributed by atoms with Gasteiger partial charge in [0.1, 0.15) is 11.8 Å². The van der Waals surface area contributed by atoms with Crippen molar-refractivity contribution in [2.24, 2.45) is 0 Å². The summed E-state index contributed by atoms with van der Waals surface area (Å²) in [6, 6.07) is 29.5. The Bertz CT molecular complexity index is 1510. The van der Waals surface area contributed by atoms with Crippen LogP contribution in [0.4, 0.5) is 4.39 Å². The number of benzene rings is 4. The topological polar surface area (TPSA) is 56.7 Å². The number of para-hydroxylation sites is 1. The maximum absolute atomic E-state index is 14.3. The van der Waals surface area contributed by atoms with E-state index in [1.807, 2.05) is 42.5 Å². The van der Waals surface area contributed by atoms with Gasteiger partial charge >= 0.3 is 0 Å². The molecule has 6 rings (SSSR count). The molecule has 0 unspecified atom stereocenters. The number of oxazole rings is 1. The van der Waals surface area contributed by atoms with Crippen LogP contribution < -0.4 is 0 Å². The Morgan fingerprint density at radius 2 is 1.33 bits per heavy atom. The summed E-state index contributed by atoms with van der Waals surface area (Å²) >= 11 is 0. The van der Waals surface area contributed by atoms with Crippen LogP contribution in [0.1, 0.15) is 0 Å². The van der Waals surface area contributed by atoms with Gasteiger partial charge in [-0.25, -0.2) is 19.0 Å². The van der Waals surface area contributed by atoms with E-state index in [2.05, 4.69) is 51.5 Å². The van der Waals surface area contributed by atoms with E-state index in [-0.39, 0.29) is 5.58 Å². The fourth-order valence-corrected chi connectivity index (χ4v) is 4.16. The van der Waals surface area contributed by atoms with E-state index in [1.165, 1.54) is 18.8 Å². The number of rotatable bonds is 4. The Kier molecular flexibility index (Phi) is 4.54. The number of nitrogens with zero attached hydrogens (tertiary/aromatic N) is 4. The molecule has 4 aromatic carbocycles. The van der Waals surface area contributed by atoms with Gasteiger partial charge in [-0.15, -0.1) is 0 Å². The van der Waals surface area contributed by atoms with Gasteiger partial charge in [0.25, 0.3) is 0 Å². The minimum atomic E-state index is -0.466. The molecule has 0 aliphatic rings. The molecular formula is C27H17FN4O. The molecule has 0 fully saturated rings. The monoisotopic (exact) mass is 432 g/mol. The molecule has 0 radical (unpaired) electrons. The zero-order valence-corrected chi connectivity index (χ0v) is 17.4. The van der Waals surface area contributed by atoms with Gasteiger partial charge < -0.3 is 4.42 Å². The summed E-state index contributed by atoms with van der Waals surface area (Å²) in [5.41, 5.74) is 6.13. The number of hydrogen-bond donors (Lipinski definition) is 0. The van der Waals surface area contributed by atoms with E-state index in [4.69, 9.17) is 4.42 Å². The molecule has 0 saturated heterocycles. The Morgan fingerprint density at radius 1 is 0.667 bits per heavy atom. The lowest BCUT2D eigenvalue weighted by atomic mass is 9.95. The number of hydrogen-bond acceptors (Lipinski definition) is 4. The van der Waals surface area contributed by atoms with Crippen molar-refractivity contribution in [3.8, 4) is 39.3 Å². The lowest BCUT2D eigenvalue weighted by Gasteiger charge is -2.17. The van der Waals surface area contributed by atoms with Crippen molar-refractivity contribution in [3.05, 3.63) is 110 Å². The van der Waals surface area contributed by atoms with Gasteiger partial charge in [-0.1, -0.05) is 78.9 Å². The highest BCUT2D eigenvalue weighted by Gasteiger charge is 2.21. The van der Waals surface area contributed by atoms with Crippen LogP contribution in [0.2, 0.25) is 0 Å². The largest absolute Gasteiger partial charge is 0.440 e. The molecular weight excluding hydrogens is 415 g/mol. The lowest BCUT2D eigenvalue weighted by Crippen LogP contribution is -2.05. The first-order chi connectivity index (χ1) is 16.3. The molecule has 0 bridgehead atoms. The Hall–Kier alpha value is -4.58. The molecule has 0 aliphatic carbocycles. The third-order valence-corrected chi connectivity index (χ3v) is 5.64. The number of halogens is 1. The third kappa shape index (κ3) is 3.20. The standard InChI is InChI=1S/C27H17FN4O/c28-23-15-14-22(24-26(23)33-17-30-24)27-29-16-31-32(27)25-20(18-8-3-1-4-9-18)12-7-13-21(25)19-10-5-2-6-11-19/h1-17H. The number of fused-ring (bicyclic) bond motifs is 1. The van der Waals surface area contributed by atoms with Gasteiger partial charge in [-0.2, -0.15) is 5.10 Å². The average Bonchev–Trinajstić information content (AvgIpc) is 3.56. The average molecular weight is 432 g/mol.